The summed E-state index contributed by atoms with van der Waals surface area (Å²) in [7, 11) is 0. The van der Waals surface area contributed by atoms with Gasteiger partial charge < -0.3 is 10.2 Å². The summed E-state index contributed by atoms with van der Waals surface area (Å²) in [4.78, 5) is 14.8. The van der Waals surface area contributed by atoms with Crippen LogP contribution >= 0.6 is 0 Å². The highest BCUT2D eigenvalue weighted by Gasteiger charge is 2.38. The van der Waals surface area contributed by atoms with Gasteiger partial charge in [-0.15, -0.1) is 0 Å². The average molecular weight is 356 g/mol. The van der Waals surface area contributed by atoms with E-state index in [1.165, 1.54) is 24.3 Å². The van der Waals surface area contributed by atoms with Crippen LogP contribution in [-0.2, 0) is 0 Å². The molecule has 3 nitrogen and oxygen atoms in total. The third-order valence-electron chi connectivity index (χ3n) is 5.39. The normalized spacial score (nSPS) is 22.4. The number of carbonyl (C=O) groups excluding carboxylic acids is 1. The highest BCUT2D eigenvalue weighted by atomic mass is 19.1. The van der Waals surface area contributed by atoms with Crippen molar-refractivity contribution in [2.75, 3.05) is 19.6 Å². The summed E-state index contributed by atoms with van der Waals surface area (Å²) in [5.41, 5.74) is 1.50. The summed E-state index contributed by atoms with van der Waals surface area (Å²) in [5.74, 6) is -0.219. The zero-order chi connectivity index (χ0) is 18.1. The molecule has 0 bridgehead atoms. The molecule has 1 N–H and O–H groups in total. The first-order valence-electron chi connectivity index (χ1n) is 9.14. The highest BCUT2D eigenvalue weighted by Crippen LogP contribution is 2.34. The Morgan fingerprint density at radius 2 is 1.81 bits per heavy atom. The fraction of sp³-hybridized carbons (Fsp3) is 0.381. The first-order chi connectivity index (χ1) is 12.6. The smallest absolute Gasteiger partial charge is 0.254 e. The van der Waals surface area contributed by atoms with Crippen LogP contribution in [0, 0.1) is 17.6 Å². The van der Waals surface area contributed by atoms with E-state index in [2.05, 4.69) is 5.32 Å². The first kappa shape index (κ1) is 17.2. The minimum atomic E-state index is -0.390. The Morgan fingerprint density at radius 3 is 2.50 bits per heavy atom. The minimum absolute atomic E-state index is 0.100. The second-order valence-corrected chi connectivity index (χ2v) is 7.28. The Hall–Kier alpha value is -2.27. The fourth-order valence-corrected chi connectivity index (χ4v) is 3.85. The van der Waals surface area contributed by atoms with Crippen molar-refractivity contribution < 1.29 is 13.6 Å². The van der Waals surface area contributed by atoms with Crippen LogP contribution in [0.4, 0.5) is 8.78 Å². The number of amides is 1. The Bertz CT molecular complexity index is 789. The van der Waals surface area contributed by atoms with Crippen LogP contribution in [0.15, 0.2) is 48.5 Å². The Kier molecular flexibility index (Phi) is 4.72. The van der Waals surface area contributed by atoms with E-state index in [9.17, 15) is 13.6 Å². The van der Waals surface area contributed by atoms with Gasteiger partial charge in [-0.1, -0.05) is 18.2 Å². The van der Waals surface area contributed by atoms with Crippen LogP contribution in [0.2, 0.25) is 0 Å². The van der Waals surface area contributed by atoms with E-state index >= 15 is 0 Å². The van der Waals surface area contributed by atoms with Crippen molar-refractivity contribution in [3.05, 3.63) is 71.3 Å². The Labute approximate surface area is 152 Å². The lowest BCUT2D eigenvalue weighted by molar-refractivity contribution is 0.0713. The first-order valence-corrected chi connectivity index (χ1v) is 9.14. The van der Waals surface area contributed by atoms with Crippen LogP contribution in [0.5, 0.6) is 0 Å². The van der Waals surface area contributed by atoms with Crippen molar-refractivity contribution in [2.24, 2.45) is 5.92 Å². The molecule has 1 aliphatic heterocycles. The second kappa shape index (κ2) is 7.16. The molecule has 26 heavy (non-hydrogen) atoms. The number of rotatable bonds is 5. The van der Waals surface area contributed by atoms with Gasteiger partial charge in [-0.3, -0.25) is 4.79 Å². The maximum absolute atomic E-state index is 13.5. The molecule has 1 amide bonds. The van der Waals surface area contributed by atoms with Crippen molar-refractivity contribution >= 4 is 5.91 Å². The molecule has 0 radical (unpaired) electrons. The molecular formula is C21H22F2N2O. The van der Waals surface area contributed by atoms with Crippen molar-refractivity contribution in [1.29, 1.82) is 0 Å². The molecule has 5 heteroatoms. The molecule has 1 saturated heterocycles. The zero-order valence-electron chi connectivity index (χ0n) is 14.5. The summed E-state index contributed by atoms with van der Waals surface area (Å²) in [6.07, 6.45) is 2.00. The maximum atomic E-state index is 13.5. The number of benzene rings is 2. The summed E-state index contributed by atoms with van der Waals surface area (Å²) < 4.78 is 26.7. The van der Waals surface area contributed by atoms with E-state index in [1.807, 2.05) is 17.0 Å². The topological polar surface area (TPSA) is 32.3 Å². The van der Waals surface area contributed by atoms with Gasteiger partial charge in [0.25, 0.3) is 5.91 Å². The van der Waals surface area contributed by atoms with Crippen LogP contribution < -0.4 is 5.32 Å². The predicted molar refractivity (Wildman–Crippen MR) is 96.0 cm³/mol. The molecule has 1 aliphatic carbocycles. The number of nitrogens with zero attached hydrogens (tertiary/aromatic N) is 1. The van der Waals surface area contributed by atoms with Crippen LogP contribution in [0.25, 0.3) is 0 Å². The molecule has 4 rings (SSSR count). The molecule has 2 atom stereocenters. The van der Waals surface area contributed by atoms with E-state index in [4.69, 9.17) is 0 Å². The summed E-state index contributed by atoms with van der Waals surface area (Å²) in [6, 6.07) is 12.8. The van der Waals surface area contributed by atoms with Gasteiger partial charge in [-0.05, 0) is 54.7 Å². The molecule has 2 aromatic rings. The quantitative estimate of drug-likeness (QED) is 0.888. The lowest BCUT2D eigenvalue weighted by atomic mass is 9.88. The van der Waals surface area contributed by atoms with Gasteiger partial charge in [0.15, 0.2) is 0 Å². The van der Waals surface area contributed by atoms with Gasteiger partial charge in [0, 0.05) is 37.2 Å². The van der Waals surface area contributed by atoms with Gasteiger partial charge >= 0.3 is 0 Å². The third-order valence-corrected chi connectivity index (χ3v) is 5.39. The van der Waals surface area contributed by atoms with E-state index in [-0.39, 0.29) is 29.6 Å². The lowest BCUT2D eigenvalue weighted by Crippen LogP contribution is -2.39. The molecule has 0 aromatic heterocycles. The standard InChI is InChI=1S/C21H22F2N2O/c22-17-6-4-14(5-7-17)20-12-24-11-16(20)13-25(19-8-9-19)21(26)15-2-1-3-18(23)10-15/h1-7,10,16,19-20,24H,8-9,11-13H2/t16-,20-/m0/s1. The van der Waals surface area contributed by atoms with Crippen LogP contribution in [0.3, 0.4) is 0 Å². The Morgan fingerprint density at radius 1 is 1.04 bits per heavy atom. The van der Waals surface area contributed by atoms with E-state index < -0.39 is 5.82 Å². The summed E-state index contributed by atoms with van der Waals surface area (Å²) >= 11 is 0. The molecule has 136 valence electrons. The SMILES string of the molecule is O=C(c1cccc(F)c1)N(C[C@@H]1CNC[C@H]1c1ccc(F)cc1)C1CC1. The molecule has 0 spiro atoms. The molecular weight excluding hydrogens is 334 g/mol. The number of nitrogens with one attached hydrogen (secondary N) is 1. The molecule has 1 saturated carbocycles. The van der Waals surface area contributed by atoms with Crippen molar-refractivity contribution in [3.63, 3.8) is 0 Å². The summed E-state index contributed by atoms with van der Waals surface area (Å²) in [5, 5.41) is 3.40. The predicted octanol–water partition coefficient (Wildman–Crippen LogP) is 3.57. The number of halogens is 2. The zero-order valence-corrected chi connectivity index (χ0v) is 14.5. The number of hydrogen-bond donors (Lipinski definition) is 1. The van der Waals surface area contributed by atoms with Crippen LogP contribution in [0.1, 0.15) is 34.7 Å². The van der Waals surface area contributed by atoms with E-state index in [1.54, 1.807) is 12.1 Å². The molecule has 2 aliphatic rings. The monoisotopic (exact) mass is 356 g/mol. The van der Waals surface area contributed by atoms with Crippen molar-refractivity contribution in [2.45, 2.75) is 24.8 Å². The maximum Gasteiger partial charge on any atom is 0.254 e. The number of hydrogen-bond acceptors (Lipinski definition) is 2. The van der Waals surface area contributed by atoms with Crippen molar-refractivity contribution in [3.8, 4) is 0 Å². The molecule has 2 aromatic carbocycles. The second-order valence-electron chi connectivity index (χ2n) is 7.28. The molecule has 0 unspecified atom stereocenters. The largest absolute Gasteiger partial charge is 0.335 e. The summed E-state index contributed by atoms with van der Waals surface area (Å²) in [6.45, 7) is 2.28. The van der Waals surface area contributed by atoms with E-state index in [0.717, 1.165) is 31.5 Å². The fourth-order valence-electron chi connectivity index (χ4n) is 3.85. The third kappa shape index (κ3) is 3.63. The van der Waals surface area contributed by atoms with Gasteiger partial charge in [0.1, 0.15) is 11.6 Å². The van der Waals surface area contributed by atoms with Gasteiger partial charge in [-0.25, -0.2) is 8.78 Å². The van der Waals surface area contributed by atoms with E-state index in [0.29, 0.717) is 12.1 Å². The van der Waals surface area contributed by atoms with Crippen LogP contribution in [-0.4, -0.2) is 36.5 Å². The van der Waals surface area contributed by atoms with Gasteiger partial charge in [0.05, 0.1) is 0 Å². The van der Waals surface area contributed by atoms with Gasteiger partial charge in [0.2, 0.25) is 0 Å². The molecule has 2 fully saturated rings. The highest BCUT2D eigenvalue weighted by molar-refractivity contribution is 5.94. The molecule has 1 heterocycles. The average Bonchev–Trinajstić information content (AvgIpc) is 3.38. The van der Waals surface area contributed by atoms with Crippen molar-refractivity contribution in [1.82, 2.24) is 10.2 Å². The lowest BCUT2D eigenvalue weighted by Gasteiger charge is -2.29. The number of carbonyl (C=O) groups is 1. The Balaban J connectivity index is 1.52. The van der Waals surface area contributed by atoms with Gasteiger partial charge in [-0.2, -0.15) is 0 Å². The minimum Gasteiger partial charge on any atom is -0.335 e.